The summed E-state index contributed by atoms with van der Waals surface area (Å²) in [5, 5.41) is 11.2. The molecule has 1 aliphatic carbocycles. The maximum Gasteiger partial charge on any atom is 0.410 e. The van der Waals surface area contributed by atoms with Crippen molar-refractivity contribution in [3.05, 3.63) is 30.6 Å². The molecule has 2 aliphatic heterocycles. The number of hydrogen-bond acceptors (Lipinski definition) is 7. The first-order valence-electron chi connectivity index (χ1n) is 12.5. The van der Waals surface area contributed by atoms with Gasteiger partial charge in [-0.15, -0.1) is 5.10 Å². The van der Waals surface area contributed by atoms with Crippen molar-refractivity contribution in [3.8, 4) is 11.4 Å². The summed E-state index contributed by atoms with van der Waals surface area (Å²) in [6.45, 7) is 5.78. The smallest absolute Gasteiger partial charge is 0.410 e. The Kier molecular flexibility index (Phi) is 6.46. The Morgan fingerprint density at radius 2 is 1.56 bits per heavy atom. The predicted molar refractivity (Wildman–Crippen MR) is 125 cm³/mol. The maximum atomic E-state index is 12.7. The van der Waals surface area contributed by atoms with Crippen molar-refractivity contribution in [2.75, 3.05) is 0 Å². The third kappa shape index (κ3) is 5.35. The summed E-state index contributed by atoms with van der Waals surface area (Å²) in [5.74, 6) is 0.868. The standard InChI is InChI=1S/C25H35N5O4/c1-25(2,3)34-24(31)30-18-4-5-19(30)15-23(14-18)33-22-12-10-21(11-13-22)32-20-8-6-17(7-9-20)29-16-26-27-28-29/h6-9,16,18-19,21-23H,4-5,10-15H2,1-3H3/t18-,19+,21-,22-,23-. The van der Waals surface area contributed by atoms with E-state index in [1.807, 2.05) is 49.9 Å². The van der Waals surface area contributed by atoms with E-state index >= 15 is 0 Å². The highest BCUT2D eigenvalue weighted by Gasteiger charge is 2.45. The summed E-state index contributed by atoms with van der Waals surface area (Å²) in [6.07, 6.45) is 10.1. The van der Waals surface area contributed by atoms with E-state index in [1.54, 1.807) is 11.0 Å². The van der Waals surface area contributed by atoms with E-state index in [9.17, 15) is 4.79 Å². The second-order valence-corrected chi connectivity index (χ2v) is 10.8. The number of hydrogen-bond donors (Lipinski definition) is 0. The molecule has 1 aromatic carbocycles. The number of carbonyl (C=O) groups excluding carboxylic acids is 1. The van der Waals surface area contributed by atoms with Crippen molar-refractivity contribution in [3.63, 3.8) is 0 Å². The van der Waals surface area contributed by atoms with Crippen molar-refractivity contribution in [1.29, 1.82) is 0 Å². The van der Waals surface area contributed by atoms with Gasteiger partial charge in [0.1, 0.15) is 17.7 Å². The van der Waals surface area contributed by atoms with Crippen LogP contribution in [0.25, 0.3) is 5.69 Å². The van der Waals surface area contributed by atoms with Crippen LogP contribution in [0.15, 0.2) is 30.6 Å². The number of amides is 1. The molecular formula is C25H35N5O4. The molecule has 5 rings (SSSR count). The van der Waals surface area contributed by atoms with Gasteiger partial charge in [-0.1, -0.05) is 0 Å². The lowest BCUT2D eigenvalue weighted by Gasteiger charge is -2.41. The Morgan fingerprint density at radius 3 is 2.15 bits per heavy atom. The number of benzene rings is 1. The fourth-order valence-corrected chi connectivity index (χ4v) is 5.56. The third-order valence-corrected chi connectivity index (χ3v) is 7.05. The Morgan fingerprint density at radius 1 is 0.912 bits per heavy atom. The van der Waals surface area contributed by atoms with Gasteiger partial charge >= 0.3 is 6.09 Å². The Bertz CT molecular complexity index is 937. The average molecular weight is 470 g/mol. The number of ether oxygens (including phenoxy) is 3. The van der Waals surface area contributed by atoms with Gasteiger partial charge in [0.25, 0.3) is 0 Å². The van der Waals surface area contributed by atoms with Crippen LogP contribution in [0.5, 0.6) is 5.75 Å². The molecule has 3 fully saturated rings. The molecule has 34 heavy (non-hydrogen) atoms. The number of nitrogens with zero attached hydrogens (tertiary/aromatic N) is 5. The molecule has 3 aliphatic rings. The lowest BCUT2D eigenvalue weighted by molar-refractivity contribution is -0.0812. The molecule has 2 aromatic rings. The van der Waals surface area contributed by atoms with Crippen LogP contribution in [0.2, 0.25) is 0 Å². The van der Waals surface area contributed by atoms with Gasteiger partial charge < -0.3 is 19.1 Å². The largest absolute Gasteiger partial charge is 0.490 e. The minimum absolute atomic E-state index is 0.165. The Balaban J connectivity index is 1.07. The van der Waals surface area contributed by atoms with E-state index < -0.39 is 5.60 Å². The number of tetrazole rings is 1. The predicted octanol–water partition coefficient (Wildman–Crippen LogP) is 4.30. The van der Waals surface area contributed by atoms with Crippen molar-refractivity contribution in [2.24, 2.45) is 0 Å². The number of rotatable bonds is 5. The molecule has 3 heterocycles. The molecule has 1 saturated carbocycles. The number of aromatic nitrogens is 4. The molecule has 9 heteroatoms. The van der Waals surface area contributed by atoms with Gasteiger partial charge in [-0.05, 0) is 107 Å². The third-order valence-electron chi connectivity index (χ3n) is 7.05. The van der Waals surface area contributed by atoms with Crippen molar-refractivity contribution in [2.45, 2.75) is 108 Å². The second-order valence-electron chi connectivity index (χ2n) is 10.8. The summed E-state index contributed by atoms with van der Waals surface area (Å²) in [6, 6.07) is 8.34. The van der Waals surface area contributed by atoms with Crippen LogP contribution in [0.3, 0.4) is 0 Å². The van der Waals surface area contributed by atoms with E-state index in [0.29, 0.717) is 0 Å². The van der Waals surface area contributed by atoms with Gasteiger partial charge in [0.05, 0.1) is 24.0 Å². The van der Waals surface area contributed by atoms with E-state index in [-0.39, 0.29) is 36.5 Å². The monoisotopic (exact) mass is 469 g/mol. The van der Waals surface area contributed by atoms with Gasteiger partial charge in [0.15, 0.2) is 0 Å². The van der Waals surface area contributed by atoms with Crippen molar-refractivity contribution < 1.29 is 19.0 Å². The SMILES string of the molecule is CC(C)(C)OC(=O)N1[C@@H]2CC[C@H]1C[C@H](O[C@H]1CC[C@H](Oc3ccc(-n4cnnn4)cc3)CC1)C2. The highest BCUT2D eigenvalue weighted by atomic mass is 16.6. The van der Waals surface area contributed by atoms with Crippen molar-refractivity contribution in [1.82, 2.24) is 25.1 Å². The minimum Gasteiger partial charge on any atom is -0.490 e. The molecule has 184 valence electrons. The van der Waals surface area contributed by atoms with Crippen LogP contribution in [-0.2, 0) is 9.47 Å². The topological polar surface area (TPSA) is 91.6 Å². The van der Waals surface area contributed by atoms with Crippen LogP contribution in [0.1, 0.15) is 72.1 Å². The zero-order chi connectivity index (χ0) is 23.7. The molecule has 2 bridgehead atoms. The fraction of sp³-hybridized carbons (Fsp3) is 0.680. The second kappa shape index (κ2) is 9.52. The number of carbonyl (C=O) groups is 1. The Labute approximate surface area is 200 Å². The first-order chi connectivity index (χ1) is 16.3. The van der Waals surface area contributed by atoms with Crippen LogP contribution in [0.4, 0.5) is 4.79 Å². The van der Waals surface area contributed by atoms with Gasteiger partial charge in [-0.25, -0.2) is 9.48 Å². The molecule has 9 nitrogen and oxygen atoms in total. The summed E-state index contributed by atoms with van der Waals surface area (Å²) in [5.41, 5.74) is 0.447. The van der Waals surface area contributed by atoms with Gasteiger partial charge in [-0.2, -0.15) is 0 Å². The highest BCUT2D eigenvalue weighted by Crippen LogP contribution is 2.39. The summed E-state index contributed by atoms with van der Waals surface area (Å²) < 4.78 is 20.0. The average Bonchev–Trinajstić information content (AvgIpc) is 3.41. The molecule has 0 spiro atoms. The van der Waals surface area contributed by atoms with Crippen LogP contribution in [0, 0.1) is 0 Å². The van der Waals surface area contributed by atoms with E-state index in [2.05, 4.69) is 15.5 Å². The lowest BCUT2D eigenvalue weighted by Crippen LogP contribution is -2.50. The highest BCUT2D eigenvalue weighted by molar-refractivity contribution is 5.69. The van der Waals surface area contributed by atoms with Crippen LogP contribution >= 0.6 is 0 Å². The summed E-state index contributed by atoms with van der Waals surface area (Å²) >= 11 is 0. The molecule has 0 unspecified atom stereocenters. The molecule has 2 saturated heterocycles. The molecule has 1 amide bonds. The summed E-state index contributed by atoms with van der Waals surface area (Å²) in [4.78, 5) is 14.7. The van der Waals surface area contributed by atoms with E-state index in [4.69, 9.17) is 14.2 Å². The molecule has 1 aromatic heterocycles. The zero-order valence-corrected chi connectivity index (χ0v) is 20.3. The first kappa shape index (κ1) is 23.1. The normalized spacial score (nSPS) is 29.1. The van der Waals surface area contributed by atoms with E-state index in [1.165, 1.54) is 0 Å². The fourth-order valence-electron chi connectivity index (χ4n) is 5.56. The number of fused-ring (bicyclic) bond motifs is 2. The number of piperidine rings is 1. The maximum absolute atomic E-state index is 12.7. The quantitative estimate of drug-likeness (QED) is 0.645. The van der Waals surface area contributed by atoms with E-state index in [0.717, 1.165) is 62.8 Å². The van der Waals surface area contributed by atoms with Gasteiger partial charge in [0, 0.05) is 12.1 Å². The molecule has 0 N–H and O–H groups in total. The van der Waals surface area contributed by atoms with Crippen LogP contribution < -0.4 is 4.74 Å². The minimum atomic E-state index is -0.457. The molecule has 0 radical (unpaired) electrons. The molecule has 3 atom stereocenters. The van der Waals surface area contributed by atoms with Crippen molar-refractivity contribution >= 4 is 6.09 Å². The van der Waals surface area contributed by atoms with Gasteiger partial charge in [-0.3, -0.25) is 0 Å². The van der Waals surface area contributed by atoms with Crippen LogP contribution in [-0.4, -0.2) is 67.2 Å². The lowest BCUT2D eigenvalue weighted by atomic mass is 9.93. The molecular weight excluding hydrogens is 434 g/mol. The Hall–Kier alpha value is -2.68. The first-order valence-corrected chi connectivity index (χ1v) is 12.5. The van der Waals surface area contributed by atoms with Gasteiger partial charge in [0.2, 0.25) is 0 Å². The zero-order valence-electron chi connectivity index (χ0n) is 20.3. The summed E-state index contributed by atoms with van der Waals surface area (Å²) in [7, 11) is 0.